The lowest BCUT2D eigenvalue weighted by Crippen LogP contribution is -2.34. The van der Waals surface area contributed by atoms with Gasteiger partial charge >= 0.3 is 5.97 Å². The number of ether oxygens (including phenoxy) is 1. The van der Waals surface area contributed by atoms with Crippen LogP contribution in [0.25, 0.3) is 11.3 Å². The highest BCUT2D eigenvalue weighted by Crippen LogP contribution is 2.43. The van der Waals surface area contributed by atoms with Gasteiger partial charge in [-0.15, -0.1) is 0 Å². The molecule has 0 spiro atoms. The molecule has 0 bridgehead atoms. The molecule has 132 valence electrons. The van der Waals surface area contributed by atoms with Gasteiger partial charge in [-0.3, -0.25) is 4.68 Å². The molecule has 4 rings (SSSR count). The number of carbonyl (C=O) groups is 1. The van der Waals surface area contributed by atoms with Crippen molar-refractivity contribution >= 4 is 5.97 Å². The Hall–Kier alpha value is -2.95. The number of benzene rings is 1. The second kappa shape index (κ2) is 6.75. The zero-order chi connectivity index (χ0) is 18.1. The highest BCUT2D eigenvalue weighted by atomic mass is 16.5. The summed E-state index contributed by atoms with van der Waals surface area (Å²) in [5.74, 6) is 0.195. The molecule has 0 radical (unpaired) electrons. The second-order valence-corrected chi connectivity index (χ2v) is 6.78. The van der Waals surface area contributed by atoms with Gasteiger partial charge in [-0.2, -0.15) is 5.10 Å². The van der Waals surface area contributed by atoms with Crippen LogP contribution in [0.5, 0.6) is 0 Å². The maximum absolute atomic E-state index is 11.8. The minimum atomic E-state index is -0.409. The molecule has 1 aromatic carbocycles. The van der Waals surface area contributed by atoms with E-state index in [0.717, 1.165) is 17.8 Å². The van der Waals surface area contributed by atoms with E-state index in [1.54, 1.807) is 4.68 Å². The van der Waals surface area contributed by atoms with Gasteiger partial charge in [0, 0.05) is 18.7 Å². The molecule has 3 aromatic rings. The Morgan fingerprint density at radius 3 is 2.73 bits per heavy atom. The van der Waals surface area contributed by atoms with Crippen LogP contribution in [0.3, 0.4) is 0 Å². The number of pyridine rings is 1. The van der Waals surface area contributed by atoms with Crippen molar-refractivity contribution in [3.8, 4) is 11.3 Å². The van der Waals surface area contributed by atoms with E-state index in [1.807, 2.05) is 19.2 Å². The fraction of sp³-hybridized carbons (Fsp3) is 0.286. The minimum absolute atomic E-state index is 0.338. The maximum atomic E-state index is 11.8. The van der Waals surface area contributed by atoms with Crippen molar-refractivity contribution in [2.75, 3.05) is 7.11 Å². The van der Waals surface area contributed by atoms with Gasteiger partial charge in [0.05, 0.1) is 18.4 Å². The molecule has 0 aliphatic heterocycles. The first-order valence-corrected chi connectivity index (χ1v) is 8.85. The van der Waals surface area contributed by atoms with Gasteiger partial charge in [0.15, 0.2) is 24.6 Å². The topological polar surface area (TPSA) is 48.0 Å². The third-order valence-electron chi connectivity index (χ3n) is 4.83. The van der Waals surface area contributed by atoms with Crippen molar-refractivity contribution in [2.45, 2.75) is 25.3 Å². The third kappa shape index (κ3) is 3.25. The molecule has 1 aliphatic carbocycles. The zero-order valence-electron chi connectivity index (χ0n) is 15.1. The van der Waals surface area contributed by atoms with Crippen molar-refractivity contribution in [3.05, 3.63) is 71.7 Å². The van der Waals surface area contributed by atoms with E-state index < -0.39 is 5.97 Å². The quantitative estimate of drug-likeness (QED) is 0.526. The summed E-state index contributed by atoms with van der Waals surface area (Å²) >= 11 is 0. The molecule has 0 unspecified atom stereocenters. The lowest BCUT2D eigenvalue weighted by Gasteiger charge is -2.08. The summed E-state index contributed by atoms with van der Waals surface area (Å²) < 4.78 is 8.76. The summed E-state index contributed by atoms with van der Waals surface area (Å²) in [6.07, 6.45) is 6.75. The Morgan fingerprint density at radius 1 is 1.27 bits per heavy atom. The van der Waals surface area contributed by atoms with Crippen LogP contribution < -0.4 is 4.57 Å². The molecular formula is C21H22N3O2+. The molecular weight excluding hydrogens is 326 g/mol. The zero-order valence-corrected chi connectivity index (χ0v) is 15.1. The molecule has 0 N–H and O–H groups in total. The molecule has 0 amide bonds. The van der Waals surface area contributed by atoms with Crippen LogP contribution in [0.15, 0.2) is 54.9 Å². The van der Waals surface area contributed by atoms with Crippen molar-refractivity contribution in [3.63, 3.8) is 0 Å². The van der Waals surface area contributed by atoms with E-state index >= 15 is 0 Å². The predicted octanol–water partition coefficient (Wildman–Crippen LogP) is 3.09. The summed E-state index contributed by atoms with van der Waals surface area (Å²) in [4.78, 5) is 11.8. The van der Waals surface area contributed by atoms with Crippen LogP contribution in [0, 0.1) is 0 Å². The van der Waals surface area contributed by atoms with E-state index in [1.165, 1.54) is 31.1 Å². The highest BCUT2D eigenvalue weighted by Gasteiger charge is 2.29. The summed E-state index contributed by atoms with van der Waals surface area (Å²) in [6.45, 7) is 0.806. The first-order chi connectivity index (χ1) is 12.7. The molecule has 5 heteroatoms. The third-order valence-corrected chi connectivity index (χ3v) is 4.83. The Bertz CT molecular complexity index is 943. The maximum Gasteiger partial charge on any atom is 0.358 e. The molecule has 2 aromatic heterocycles. The van der Waals surface area contributed by atoms with Crippen molar-refractivity contribution in [1.82, 2.24) is 9.78 Å². The molecule has 1 fully saturated rings. The van der Waals surface area contributed by atoms with Gasteiger partial charge in [0.25, 0.3) is 0 Å². The van der Waals surface area contributed by atoms with Gasteiger partial charge in [0.2, 0.25) is 0 Å². The normalized spacial score (nSPS) is 13.6. The van der Waals surface area contributed by atoms with Crippen LogP contribution in [-0.2, 0) is 18.3 Å². The lowest BCUT2D eigenvalue weighted by molar-refractivity contribution is -0.687. The fourth-order valence-electron chi connectivity index (χ4n) is 3.33. The average molecular weight is 348 g/mol. The van der Waals surface area contributed by atoms with Gasteiger partial charge in [0.1, 0.15) is 0 Å². The summed E-state index contributed by atoms with van der Waals surface area (Å²) in [5.41, 5.74) is 4.99. The van der Waals surface area contributed by atoms with Crippen LogP contribution in [0.4, 0.5) is 0 Å². The first kappa shape index (κ1) is 16.5. The second-order valence-electron chi connectivity index (χ2n) is 6.78. The monoisotopic (exact) mass is 348 g/mol. The number of esters is 1. The number of nitrogens with zero attached hydrogens (tertiary/aromatic N) is 3. The van der Waals surface area contributed by atoms with E-state index in [4.69, 9.17) is 4.74 Å². The Kier molecular flexibility index (Phi) is 4.29. The average Bonchev–Trinajstić information content (AvgIpc) is 3.43. The Morgan fingerprint density at radius 2 is 2.04 bits per heavy atom. The van der Waals surface area contributed by atoms with Crippen molar-refractivity contribution in [2.24, 2.45) is 7.05 Å². The van der Waals surface area contributed by atoms with E-state index in [0.29, 0.717) is 11.6 Å². The minimum Gasteiger partial charge on any atom is -0.464 e. The smallest absolute Gasteiger partial charge is 0.358 e. The largest absolute Gasteiger partial charge is 0.464 e. The number of carbonyl (C=O) groups excluding carboxylic acids is 1. The number of hydrogen-bond acceptors (Lipinski definition) is 3. The first-order valence-electron chi connectivity index (χ1n) is 8.85. The number of aryl methyl sites for hydroxylation is 1. The van der Waals surface area contributed by atoms with Gasteiger partial charge in [-0.05, 0) is 30.4 Å². The fourth-order valence-corrected chi connectivity index (χ4v) is 3.33. The number of aromatic nitrogens is 3. The molecule has 0 atom stereocenters. The van der Waals surface area contributed by atoms with E-state index in [2.05, 4.69) is 52.4 Å². The predicted molar refractivity (Wildman–Crippen MR) is 97.7 cm³/mol. The van der Waals surface area contributed by atoms with Gasteiger partial charge < -0.3 is 4.74 Å². The van der Waals surface area contributed by atoms with Gasteiger partial charge in [-0.1, -0.05) is 30.3 Å². The molecule has 2 heterocycles. The molecule has 26 heavy (non-hydrogen) atoms. The number of rotatable bonds is 5. The van der Waals surface area contributed by atoms with E-state index in [9.17, 15) is 4.79 Å². The molecule has 1 aliphatic rings. The van der Waals surface area contributed by atoms with Crippen LogP contribution in [0.2, 0.25) is 0 Å². The van der Waals surface area contributed by atoms with Crippen LogP contribution in [-0.4, -0.2) is 22.9 Å². The van der Waals surface area contributed by atoms with Crippen molar-refractivity contribution < 1.29 is 14.1 Å². The summed E-state index contributed by atoms with van der Waals surface area (Å²) in [6, 6.07) is 14.4. The standard InChI is InChI=1S/C21H22N3O2/c1-23-20(12-19(22-23)21(25)26-2)18-14-24(11-10-17(18)16-8-9-16)13-15-6-4-3-5-7-15/h3-7,10-12,14,16H,8-9,13H2,1-2H3/q+1. The van der Waals surface area contributed by atoms with E-state index in [-0.39, 0.29) is 0 Å². The summed E-state index contributed by atoms with van der Waals surface area (Å²) in [5, 5.41) is 4.33. The van der Waals surface area contributed by atoms with Crippen LogP contribution >= 0.6 is 0 Å². The Labute approximate surface area is 152 Å². The number of hydrogen-bond donors (Lipinski definition) is 0. The molecule has 1 saturated carbocycles. The SMILES string of the molecule is COC(=O)c1cc(-c2c[n+](Cc3ccccc3)ccc2C2CC2)n(C)n1. The molecule has 5 nitrogen and oxygen atoms in total. The highest BCUT2D eigenvalue weighted by molar-refractivity contribution is 5.88. The summed E-state index contributed by atoms with van der Waals surface area (Å²) in [7, 11) is 3.25. The van der Waals surface area contributed by atoms with Crippen LogP contribution in [0.1, 0.15) is 40.4 Å². The van der Waals surface area contributed by atoms with Crippen molar-refractivity contribution in [1.29, 1.82) is 0 Å². The Balaban J connectivity index is 1.75. The lowest BCUT2D eigenvalue weighted by atomic mass is 10.0. The van der Waals surface area contributed by atoms with Gasteiger partial charge in [-0.25, -0.2) is 9.36 Å². The molecule has 0 saturated heterocycles. The number of methoxy groups -OCH3 is 1.